The molecule has 0 aromatic heterocycles. The average Bonchev–Trinajstić information content (AvgIpc) is 3.47. The Bertz CT molecular complexity index is 1220. The zero-order valence-corrected chi connectivity index (χ0v) is 30.9. The number of terminal acetylenes is 1. The number of fused-ring (bicyclic) bond motifs is 2. The lowest BCUT2D eigenvalue weighted by atomic mass is 9.97. The van der Waals surface area contributed by atoms with Gasteiger partial charge in [0.25, 0.3) is 0 Å². The van der Waals surface area contributed by atoms with Gasteiger partial charge in [-0.3, -0.25) is 34.1 Å². The molecule has 8 atom stereocenters. The van der Waals surface area contributed by atoms with Crippen LogP contribution in [0.4, 0.5) is 0 Å². The van der Waals surface area contributed by atoms with Crippen LogP contribution < -0.4 is 37.2 Å². The molecule has 2 fully saturated rings. The second-order valence-corrected chi connectivity index (χ2v) is 15.8. The van der Waals surface area contributed by atoms with Crippen LogP contribution in [0.3, 0.4) is 0 Å². The van der Waals surface area contributed by atoms with Crippen LogP contribution in [0.15, 0.2) is 0 Å². The van der Waals surface area contributed by atoms with E-state index in [-0.39, 0.29) is 53.7 Å². The van der Waals surface area contributed by atoms with E-state index in [1.165, 1.54) is 11.8 Å². The van der Waals surface area contributed by atoms with Gasteiger partial charge in [0.05, 0.1) is 17.5 Å². The first kappa shape index (κ1) is 40.9. The SMILES string of the molecule is C#CC[C@@H]1NC(=O)[C@@H](C(C)C)NC(=O)[C@@H]2CSC(N2)[C@H](C(C)C)NC(=O)[C@@H](C(C)C)NC(=O)[C@H](C(C)C)NC(=O)[C@@H](CC(C)C)NC1=O. The lowest BCUT2D eigenvalue weighted by Crippen LogP contribution is -2.61. The van der Waals surface area contributed by atoms with Crippen molar-refractivity contribution in [2.45, 2.75) is 130 Å². The van der Waals surface area contributed by atoms with E-state index in [0.717, 1.165) is 0 Å². The molecule has 2 bridgehead atoms. The topological polar surface area (TPSA) is 187 Å². The number of amides is 6. The van der Waals surface area contributed by atoms with Gasteiger partial charge < -0.3 is 31.9 Å². The van der Waals surface area contributed by atoms with Crippen molar-refractivity contribution in [3.05, 3.63) is 0 Å². The molecule has 1 unspecified atom stereocenters. The number of nitrogens with one attached hydrogen (secondary N) is 7. The van der Waals surface area contributed by atoms with Crippen LogP contribution in [-0.2, 0) is 28.8 Å². The highest BCUT2D eigenvalue weighted by atomic mass is 32.2. The van der Waals surface area contributed by atoms with Gasteiger partial charge in [-0.05, 0) is 36.0 Å². The number of carbonyl (C=O) groups excluding carboxylic acids is 6. The zero-order chi connectivity index (χ0) is 36.5. The molecule has 7 N–H and O–H groups in total. The second-order valence-electron chi connectivity index (χ2n) is 14.6. The molecule has 6 amide bonds. The van der Waals surface area contributed by atoms with Crippen molar-refractivity contribution in [1.82, 2.24) is 37.2 Å². The molecule has 0 saturated carbocycles. The summed E-state index contributed by atoms with van der Waals surface area (Å²) >= 11 is 1.49. The normalized spacial score (nSPS) is 30.3. The summed E-state index contributed by atoms with van der Waals surface area (Å²) < 4.78 is 0. The van der Waals surface area contributed by atoms with Crippen molar-refractivity contribution >= 4 is 47.2 Å². The lowest BCUT2D eigenvalue weighted by Gasteiger charge is -2.32. The molecule has 2 rings (SSSR count). The highest BCUT2D eigenvalue weighted by Gasteiger charge is 2.40. The Hall–Kier alpha value is -3.31. The molecule has 0 aromatic rings. The van der Waals surface area contributed by atoms with Crippen LogP contribution in [0.5, 0.6) is 0 Å². The van der Waals surface area contributed by atoms with Crippen LogP contribution in [-0.4, -0.2) is 88.9 Å². The van der Waals surface area contributed by atoms with Crippen LogP contribution in [0.1, 0.15) is 82.1 Å². The molecule has 2 saturated heterocycles. The fourth-order valence-corrected chi connectivity index (χ4v) is 7.12. The summed E-state index contributed by atoms with van der Waals surface area (Å²) in [5, 5.41) is 20.0. The third kappa shape index (κ3) is 11.4. The van der Waals surface area contributed by atoms with Gasteiger partial charge in [-0.2, -0.15) is 0 Å². The minimum Gasteiger partial charge on any atom is -0.349 e. The summed E-state index contributed by atoms with van der Waals surface area (Å²) in [5.41, 5.74) is 0. The maximum absolute atomic E-state index is 13.7. The van der Waals surface area contributed by atoms with Gasteiger partial charge in [-0.15, -0.1) is 24.1 Å². The van der Waals surface area contributed by atoms with Gasteiger partial charge in [-0.1, -0.05) is 69.2 Å². The molecule has 0 spiro atoms. The van der Waals surface area contributed by atoms with Crippen LogP contribution >= 0.6 is 11.8 Å². The van der Waals surface area contributed by atoms with Gasteiger partial charge in [0.2, 0.25) is 35.4 Å². The Morgan fingerprint density at radius 1 is 0.604 bits per heavy atom. The average molecular weight is 692 g/mol. The predicted octanol–water partition coefficient (Wildman–Crippen LogP) is 0.633. The standard InChI is InChI=1S/C34H57N7O6S/c1-12-13-21-28(42)36-22(14-16(2)3)29(43)38-25(18(6)7)32(46)40-26(19(8)9)33(47)41-27(20(10)11)34-37-23(15-48-34)30(44)39-24(17(4)5)31(45)35-21/h1,16-27,34,37H,13-15H2,2-11H3,(H,35,45)(H,36,42)(H,38,43)(H,39,44)(H,40,46)(H,41,47)/t21-,22+,23-,24+,25-,26+,27-,34?/m0/s1. The fraction of sp³-hybridized carbons (Fsp3) is 0.765. The maximum atomic E-state index is 13.7. The second kappa shape index (κ2) is 18.5. The van der Waals surface area contributed by atoms with E-state index in [9.17, 15) is 28.8 Å². The minimum absolute atomic E-state index is 0.0203. The lowest BCUT2D eigenvalue weighted by molar-refractivity contribution is -0.136. The molecular formula is C34H57N7O6S. The molecule has 13 nitrogen and oxygen atoms in total. The van der Waals surface area contributed by atoms with Crippen molar-refractivity contribution in [3.8, 4) is 12.3 Å². The molecule has 48 heavy (non-hydrogen) atoms. The van der Waals surface area contributed by atoms with Crippen molar-refractivity contribution in [1.29, 1.82) is 0 Å². The third-order valence-electron chi connectivity index (χ3n) is 8.51. The Morgan fingerprint density at radius 3 is 1.52 bits per heavy atom. The maximum Gasteiger partial charge on any atom is 0.244 e. The van der Waals surface area contributed by atoms with Crippen molar-refractivity contribution in [3.63, 3.8) is 0 Å². The van der Waals surface area contributed by atoms with E-state index in [1.54, 1.807) is 27.7 Å². The van der Waals surface area contributed by atoms with Gasteiger partial charge in [0.1, 0.15) is 30.2 Å². The molecule has 2 heterocycles. The van der Waals surface area contributed by atoms with Crippen molar-refractivity contribution < 1.29 is 28.8 Å². The van der Waals surface area contributed by atoms with E-state index in [1.807, 2.05) is 41.5 Å². The summed E-state index contributed by atoms with van der Waals surface area (Å²) in [7, 11) is 0. The summed E-state index contributed by atoms with van der Waals surface area (Å²) in [5.74, 6) is -1.34. The van der Waals surface area contributed by atoms with Gasteiger partial charge >= 0.3 is 0 Å². The van der Waals surface area contributed by atoms with E-state index < -0.39 is 71.8 Å². The quantitative estimate of drug-likeness (QED) is 0.190. The zero-order valence-electron chi connectivity index (χ0n) is 30.1. The third-order valence-corrected chi connectivity index (χ3v) is 9.83. The van der Waals surface area contributed by atoms with E-state index in [2.05, 4.69) is 43.1 Å². The Kier molecular flexibility index (Phi) is 15.7. The van der Waals surface area contributed by atoms with Gasteiger partial charge in [0, 0.05) is 12.2 Å². The number of thioether (sulfide) groups is 1. The molecule has 0 aliphatic carbocycles. The molecule has 2 aliphatic rings. The minimum atomic E-state index is -1.18. The van der Waals surface area contributed by atoms with Crippen LogP contribution in [0, 0.1) is 41.9 Å². The summed E-state index contributed by atoms with van der Waals surface area (Å²) in [6.07, 6.45) is 5.66. The smallest absolute Gasteiger partial charge is 0.244 e. The number of hydrogen-bond acceptors (Lipinski definition) is 8. The first-order chi connectivity index (χ1) is 22.4. The summed E-state index contributed by atoms with van der Waals surface area (Å²) in [6, 6.07) is -6.16. The molecule has 14 heteroatoms. The highest BCUT2D eigenvalue weighted by Crippen LogP contribution is 2.26. The molecular weight excluding hydrogens is 634 g/mol. The number of hydrogen-bond donors (Lipinski definition) is 7. The number of rotatable bonds is 7. The summed E-state index contributed by atoms with van der Waals surface area (Å²) in [4.78, 5) is 81.6. The van der Waals surface area contributed by atoms with E-state index in [4.69, 9.17) is 6.42 Å². The fourth-order valence-electron chi connectivity index (χ4n) is 5.62. The van der Waals surface area contributed by atoms with E-state index in [0.29, 0.717) is 5.75 Å². The first-order valence-electron chi connectivity index (χ1n) is 17.0. The Balaban J connectivity index is 2.58. The van der Waals surface area contributed by atoms with Crippen LogP contribution in [0.2, 0.25) is 0 Å². The first-order valence-corrected chi connectivity index (χ1v) is 18.1. The number of carbonyl (C=O) groups is 6. The Labute approximate surface area is 290 Å². The van der Waals surface area contributed by atoms with Crippen molar-refractivity contribution in [2.75, 3.05) is 5.75 Å². The molecule has 270 valence electrons. The monoisotopic (exact) mass is 691 g/mol. The largest absolute Gasteiger partial charge is 0.349 e. The molecule has 0 radical (unpaired) electrons. The Morgan fingerprint density at radius 2 is 1.04 bits per heavy atom. The molecule has 0 aromatic carbocycles. The predicted molar refractivity (Wildman–Crippen MR) is 187 cm³/mol. The highest BCUT2D eigenvalue weighted by molar-refractivity contribution is 8.00. The molecule has 2 aliphatic heterocycles. The summed E-state index contributed by atoms with van der Waals surface area (Å²) in [6.45, 7) is 18.5. The van der Waals surface area contributed by atoms with Gasteiger partial charge in [0.15, 0.2) is 0 Å². The van der Waals surface area contributed by atoms with E-state index >= 15 is 0 Å². The van der Waals surface area contributed by atoms with Crippen LogP contribution in [0.25, 0.3) is 0 Å². The van der Waals surface area contributed by atoms with Gasteiger partial charge in [-0.25, -0.2) is 0 Å². The van der Waals surface area contributed by atoms with Crippen molar-refractivity contribution in [2.24, 2.45) is 29.6 Å².